The summed E-state index contributed by atoms with van der Waals surface area (Å²) in [7, 11) is 0. The van der Waals surface area contributed by atoms with Crippen molar-refractivity contribution in [3.8, 4) is 11.5 Å². The van der Waals surface area contributed by atoms with E-state index in [9.17, 15) is 0 Å². The summed E-state index contributed by atoms with van der Waals surface area (Å²) < 4.78 is 6.78. The Morgan fingerprint density at radius 1 is 1.04 bits per heavy atom. The monoisotopic (exact) mass is 467 g/mol. The summed E-state index contributed by atoms with van der Waals surface area (Å²) in [5, 5.41) is 9.34. The first-order valence-electron chi connectivity index (χ1n) is 8.45. The molecule has 9 heteroatoms. The summed E-state index contributed by atoms with van der Waals surface area (Å²) in [6.45, 7) is 4.21. The van der Waals surface area contributed by atoms with Gasteiger partial charge in [0.25, 0.3) is 0 Å². The molecule has 0 bridgehead atoms. The molecule has 140 valence electrons. The first kappa shape index (κ1) is 18.7. The number of benzene rings is 1. The van der Waals surface area contributed by atoms with Gasteiger partial charge in [0.1, 0.15) is 5.82 Å². The minimum absolute atomic E-state index is 0.407. The van der Waals surface area contributed by atoms with E-state index in [0.29, 0.717) is 33.9 Å². The lowest BCUT2D eigenvalue weighted by molar-refractivity contribution is 0.226. The number of hydrogen-bond acceptors (Lipinski definition) is 6. The molecule has 0 atom stereocenters. The van der Waals surface area contributed by atoms with E-state index in [-0.39, 0.29) is 0 Å². The lowest BCUT2D eigenvalue weighted by Crippen LogP contribution is -2.46. The van der Waals surface area contributed by atoms with Crippen LogP contribution in [0.5, 0.6) is 0 Å². The van der Waals surface area contributed by atoms with E-state index in [1.165, 1.54) is 0 Å². The maximum Gasteiger partial charge on any atom is 0.249 e. The van der Waals surface area contributed by atoms with E-state index in [4.69, 9.17) is 27.6 Å². The van der Waals surface area contributed by atoms with E-state index < -0.39 is 0 Å². The Morgan fingerprint density at radius 2 is 1.85 bits per heavy atom. The predicted molar refractivity (Wildman–Crippen MR) is 109 cm³/mol. The van der Waals surface area contributed by atoms with Crippen LogP contribution in [0.15, 0.2) is 45.4 Å². The van der Waals surface area contributed by atoms with Crippen LogP contribution in [-0.2, 0) is 6.54 Å². The summed E-state index contributed by atoms with van der Waals surface area (Å²) in [6, 6.07) is 9.24. The van der Waals surface area contributed by atoms with Crippen molar-refractivity contribution in [1.29, 1.82) is 0 Å². The van der Waals surface area contributed by atoms with Gasteiger partial charge in [0.05, 0.1) is 17.1 Å². The fraction of sp³-hybridized carbons (Fsp3) is 0.278. The molecule has 0 spiro atoms. The lowest BCUT2D eigenvalue weighted by atomic mass is 10.2. The summed E-state index contributed by atoms with van der Waals surface area (Å²) in [6.07, 6.45) is 1.82. The molecular weight excluding hydrogens is 453 g/mol. The summed E-state index contributed by atoms with van der Waals surface area (Å²) >= 11 is 15.6. The van der Waals surface area contributed by atoms with Gasteiger partial charge in [0, 0.05) is 41.9 Å². The van der Waals surface area contributed by atoms with Gasteiger partial charge in [-0.25, -0.2) is 4.98 Å². The zero-order chi connectivity index (χ0) is 18.8. The largest absolute Gasteiger partial charge is 0.419 e. The van der Waals surface area contributed by atoms with Gasteiger partial charge < -0.3 is 9.32 Å². The van der Waals surface area contributed by atoms with Crippen LogP contribution in [0, 0.1) is 0 Å². The smallest absolute Gasteiger partial charge is 0.249 e. The van der Waals surface area contributed by atoms with Crippen molar-refractivity contribution in [2.45, 2.75) is 6.54 Å². The van der Waals surface area contributed by atoms with Crippen LogP contribution in [0.4, 0.5) is 5.82 Å². The van der Waals surface area contributed by atoms with Crippen molar-refractivity contribution < 1.29 is 4.42 Å². The number of anilines is 1. The van der Waals surface area contributed by atoms with Gasteiger partial charge in [0.2, 0.25) is 11.8 Å². The molecule has 1 saturated heterocycles. The molecule has 0 saturated carbocycles. The van der Waals surface area contributed by atoms with Crippen LogP contribution in [-0.4, -0.2) is 46.3 Å². The van der Waals surface area contributed by atoms with Crippen LogP contribution in [0.2, 0.25) is 10.0 Å². The Bertz CT molecular complexity index is 926. The number of pyridine rings is 1. The Morgan fingerprint density at radius 3 is 2.56 bits per heavy atom. The molecule has 1 aromatic carbocycles. The SMILES string of the molecule is Clc1ccc(-c2nnc(CN3CCN(c4ccc(Br)cn4)CC3)o2)c(Cl)c1. The Hall–Kier alpha value is -1.67. The first-order valence-corrected chi connectivity index (χ1v) is 10.00. The van der Waals surface area contributed by atoms with Crippen LogP contribution < -0.4 is 4.90 Å². The fourth-order valence-corrected chi connectivity index (χ4v) is 3.69. The van der Waals surface area contributed by atoms with Gasteiger partial charge in [-0.3, -0.25) is 4.90 Å². The van der Waals surface area contributed by atoms with Gasteiger partial charge >= 0.3 is 0 Å². The second-order valence-electron chi connectivity index (χ2n) is 6.22. The minimum Gasteiger partial charge on any atom is -0.419 e. The number of rotatable bonds is 4. The highest BCUT2D eigenvalue weighted by atomic mass is 79.9. The van der Waals surface area contributed by atoms with E-state index in [1.807, 2.05) is 18.3 Å². The first-order chi connectivity index (χ1) is 13.1. The molecule has 0 aliphatic carbocycles. The van der Waals surface area contributed by atoms with Gasteiger partial charge in [0.15, 0.2) is 0 Å². The molecule has 1 fully saturated rings. The van der Waals surface area contributed by atoms with Gasteiger partial charge in [-0.1, -0.05) is 23.2 Å². The van der Waals surface area contributed by atoms with E-state index >= 15 is 0 Å². The quantitative estimate of drug-likeness (QED) is 0.560. The maximum atomic E-state index is 6.21. The average molecular weight is 469 g/mol. The Kier molecular flexibility index (Phi) is 5.63. The standard InChI is InChI=1S/C18H16BrCl2N5O/c19-12-1-4-16(22-10-12)26-7-5-25(6-8-26)11-17-23-24-18(27-17)14-3-2-13(20)9-15(14)21/h1-4,9-10H,5-8,11H2. The van der Waals surface area contributed by atoms with Crippen LogP contribution >= 0.6 is 39.1 Å². The molecule has 1 aliphatic rings. The normalized spacial score (nSPS) is 15.3. The molecule has 3 aromatic rings. The molecular formula is C18H16BrCl2N5O. The van der Waals surface area contributed by atoms with Crippen LogP contribution in [0.1, 0.15) is 5.89 Å². The van der Waals surface area contributed by atoms with Crippen molar-refractivity contribution in [2.24, 2.45) is 0 Å². The topological polar surface area (TPSA) is 58.3 Å². The third-order valence-corrected chi connectivity index (χ3v) is 5.41. The van der Waals surface area contributed by atoms with E-state index in [2.05, 4.69) is 40.9 Å². The molecule has 2 aromatic heterocycles. The van der Waals surface area contributed by atoms with Gasteiger partial charge in [-0.15, -0.1) is 10.2 Å². The zero-order valence-electron chi connectivity index (χ0n) is 14.3. The Labute approximate surface area is 175 Å². The highest BCUT2D eigenvalue weighted by Gasteiger charge is 2.20. The summed E-state index contributed by atoms with van der Waals surface area (Å²) in [4.78, 5) is 9.02. The summed E-state index contributed by atoms with van der Waals surface area (Å²) in [5.41, 5.74) is 0.686. The third-order valence-electron chi connectivity index (χ3n) is 4.40. The molecule has 4 rings (SSSR count). The fourth-order valence-electron chi connectivity index (χ4n) is 2.97. The molecule has 0 N–H and O–H groups in total. The average Bonchev–Trinajstić information content (AvgIpc) is 3.11. The van der Waals surface area contributed by atoms with Gasteiger partial charge in [-0.2, -0.15) is 0 Å². The molecule has 0 radical (unpaired) electrons. The Balaban J connectivity index is 1.37. The predicted octanol–water partition coefficient (Wildman–Crippen LogP) is 4.52. The van der Waals surface area contributed by atoms with Crippen molar-refractivity contribution in [2.75, 3.05) is 31.1 Å². The second kappa shape index (κ2) is 8.14. The number of aromatic nitrogens is 3. The lowest BCUT2D eigenvalue weighted by Gasteiger charge is -2.34. The zero-order valence-corrected chi connectivity index (χ0v) is 17.4. The van der Waals surface area contributed by atoms with Crippen molar-refractivity contribution in [1.82, 2.24) is 20.1 Å². The highest BCUT2D eigenvalue weighted by Crippen LogP contribution is 2.29. The highest BCUT2D eigenvalue weighted by molar-refractivity contribution is 9.10. The molecule has 6 nitrogen and oxygen atoms in total. The number of nitrogens with zero attached hydrogens (tertiary/aromatic N) is 5. The number of hydrogen-bond donors (Lipinski definition) is 0. The molecule has 3 heterocycles. The second-order valence-corrected chi connectivity index (χ2v) is 7.98. The molecule has 0 amide bonds. The number of halogens is 3. The van der Waals surface area contributed by atoms with Crippen LogP contribution in [0.3, 0.4) is 0 Å². The number of piperazine rings is 1. The third kappa shape index (κ3) is 4.43. The van der Waals surface area contributed by atoms with Crippen molar-refractivity contribution in [3.63, 3.8) is 0 Å². The molecule has 27 heavy (non-hydrogen) atoms. The van der Waals surface area contributed by atoms with E-state index in [0.717, 1.165) is 36.5 Å². The van der Waals surface area contributed by atoms with E-state index in [1.54, 1.807) is 18.2 Å². The molecule has 1 aliphatic heterocycles. The van der Waals surface area contributed by atoms with Crippen molar-refractivity contribution in [3.05, 3.63) is 56.9 Å². The van der Waals surface area contributed by atoms with Gasteiger partial charge in [-0.05, 0) is 46.3 Å². The molecule has 0 unspecified atom stereocenters. The maximum absolute atomic E-state index is 6.21. The van der Waals surface area contributed by atoms with Crippen molar-refractivity contribution >= 4 is 44.9 Å². The van der Waals surface area contributed by atoms with Crippen LogP contribution in [0.25, 0.3) is 11.5 Å². The minimum atomic E-state index is 0.407. The summed E-state index contributed by atoms with van der Waals surface area (Å²) in [5.74, 6) is 1.98.